The Kier molecular flexibility index (Phi) is 3.24. The van der Waals surface area contributed by atoms with Gasteiger partial charge in [-0.15, -0.1) is 11.8 Å². The number of benzene rings is 1. The molecule has 14 heavy (non-hydrogen) atoms. The van der Waals surface area contributed by atoms with Gasteiger partial charge in [-0.2, -0.15) is 0 Å². The number of carboxylic acids is 1. The van der Waals surface area contributed by atoms with Gasteiger partial charge in [0.15, 0.2) is 0 Å². The number of ketones is 1. The van der Waals surface area contributed by atoms with E-state index in [1.54, 1.807) is 6.26 Å². The first-order valence-corrected chi connectivity index (χ1v) is 4.90. The topological polar surface area (TPSA) is 54.4 Å². The second-order valence-electron chi connectivity index (χ2n) is 2.48. The van der Waals surface area contributed by atoms with Gasteiger partial charge in [-0.1, -0.05) is 0 Å². The summed E-state index contributed by atoms with van der Waals surface area (Å²) in [6.45, 7) is 0. The third kappa shape index (κ3) is 2.11. The van der Waals surface area contributed by atoms with Crippen molar-refractivity contribution in [3.8, 4) is 0 Å². The first kappa shape index (κ1) is 10.7. The number of carboxylic acid groups (broad SMARTS) is 1. The summed E-state index contributed by atoms with van der Waals surface area (Å²) in [7, 11) is 0. The monoisotopic (exact) mass is 214 g/mol. The van der Waals surface area contributed by atoms with Gasteiger partial charge in [0.1, 0.15) is 5.82 Å². The summed E-state index contributed by atoms with van der Waals surface area (Å²) in [6, 6.07) is 3.50. The molecule has 0 aliphatic heterocycles. The van der Waals surface area contributed by atoms with Gasteiger partial charge in [0, 0.05) is 10.5 Å². The van der Waals surface area contributed by atoms with Crippen LogP contribution in [0.4, 0.5) is 4.39 Å². The molecule has 0 aromatic heterocycles. The Labute approximate surface area is 83.9 Å². The standard InChI is InChI=1S/C9H7FO3S/c1-14-7-3-2-5(10)4-6(7)8(11)9(12)13/h2-4H,1H3,(H,12,13). The van der Waals surface area contributed by atoms with Crippen molar-refractivity contribution in [2.45, 2.75) is 4.90 Å². The molecule has 1 N–H and O–H groups in total. The highest BCUT2D eigenvalue weighted by molar-refractivity contribution is 7.98. The van der Waals surface area contributed by atoms with Crippen molar-refractivity contribution in [2.24, 2.45) is 0 Å². The molecule has 0 radical (unpaired) electrons. The van der Waals surface area contributed by atoms with Crippen molar-refractivity contribution in [3.05, 3.63) is 29.6 Å². The van der Waals surface area contributed by atoms with E-state index in [1.165, 1.54) is 23.9 Å². The van der Waals surface area contributed by atoms with Crippen molar-refractivity contribution in [3.63, 3.8) is 0 Å². The second-order valence-corrected chi connectivity index (χ2v) is 3.33. The van der Waals surface area contributed by atoms with Gasteiger partial charge in [-0.05, 0) is 24.5 Å². The number of hydrogen-bond acceptors (Lipinski definition) is 3. The summed E-state index contributed by atoms with van der Waals surface area (Å²) in [6.07, 6.45) is 1.69. The summed E-state index contributed by atoms with van der Waals surface area (Å²) in [4.78, 5) is 22.0. The molecule has 1 aromatic carbocycles. The number of halogens is 1. The zero-order valence-corrected chi connectivity index (χ0v) is 8.10. The van der Waals surface area contributed by atoms with Crippen LogP contribution in [0.5, 0.6) is 0 Å². The summed E-state index contributed by atoms with van der Waals surface area (Å²) in [5.41, 5.74) is -0.106. The summed E-state index contributed by atoms with van der Waals surface area (Å²) in [5.74, 6) is -3.29. The zero-order valence-electron chi connectivity index (χ0n) is 7.28. The number of thioether (sulfide) groups is 1. The van der Waals surface area contributed by atoms with Crippen LogP contribution in [0.2, 0.25) is 0 Å². The largest absolute Gasteiger partial charge is 0.475 e. The number of carbonyl (C=O) groups excluding carboxylic acids is 1. The molecule has 0 amide bonds. The predicted molar refractivity (Wildman–Crippen MR) is 50.1 cm³/mol. The predicted octanol–water partition coefficient (Wildman–Crippen LogP) is 1.81. The van der Waals surface area contributed by atoms with E-state index in [4.69, 9.17) is 5.11 Å². The van der Waals surface area contributed by atoms with Crippen molar-refractivity contribution in [2.75, 3.05) is 6.26 Å². The fourth-order valence-corrected chi connectivity index (χ4v) is 1.55. The first-order valence-electron chi connectivity index (χ1n) is 3.67. The Balaban J connectivity index is 3.23. The highest BCUT2D eigenvalue weighted by atomic mass is 32.2. The first-order chi connectivity index (χ1) is 6.56. The molecule has 0 heterocycles. The van der Waals surface area contributed by atoms with Crippen LogP contribution in [0.3, 0.4) is 0 Å². The summed E-state index contributed by atoms with van der Waals surface area (Å²) >= 11 is 1.20. The number of carbonyl (C=O) groups is 2. The molecule has 0 fully saturated rings. The maximum Gasteiger partial charge on any atom is 0.377 e. The second kappa shape index (κ2) is 4.23. The van der Waals surface area contributed by atoms with E-state index in [-0.39, 0.29) is 5.56 Å². The van der Waals surface area contributed by atoms with Gasteiger partial charge in [-0.25, -0.2) is 9.18 Å². The van der Waals surface area contributed by atoms with Gasteiger partial charge in [-0.3, -0.25) is 4.79 Å². The lowest BCUT2D eigenvalue weighted by Gasteiger charge is -2.02. The van der Waals surface area contributed by atoms with E-state index in [9.17, 15) is 14.0 Å². The fourth-order valence-electron chi connectivity index (χ4n) is 0.973. The molecular formula is C9H7FO3S. The molecule has 0 aliphatic rings. The number of aliphatic carboxylic acids is 1. The molecule has 3 nitrogen and oxygen atoms in total. The minimum absolute atomic E-state index is 0.106. The van der Waals surface area contributed by atoms with Crippen LogP contribution in [-0.4, -0.2) is 23.1 Å². The van der Waals surface area contributed by atoms with Gasteiger partial charge < -0.3 is 5.11 Å². The van der Waals surface area contributed by atoms with Crippen LogP contribution in [0.25, 0.3) is 0 Å². The van der Waals surface area contributed by atoms with Crippen LogP contribution < -0.4 is 0 Å². The quantitative estimate of drug-likeness (QED) is 0.473. The minimum atomic E-state index is -1.58. The van der Waals surface area contributed by atoms with Crippen molar-refractivity contribution < 1.29 is 19.1 Å². The fraction of sp³-hybridized carbons (Fsp3) is 0.111. The molecule has 0 saturated heterocycles. The third-order valence-electron chi connectivity index (χ3n) is 1.60. The Morgan fingerprint density at radius 1 is 1.43 bits per heavy atom. The van der Waals surface area contributed by atoms with E-state index in [0.717, 1.165) is 6.07 Å². The van der Waals surface area contributed by atoms with Crippen LogP contribution in [-0.2, 0) is 4.79 Å². The van der Waals surface area contributed by atoms with E-state index >= 15 is 0 Å². The molecule has 0 saturated carbocycles. The molecule has 1 aromatic rings. The van der Waals surface area contributed by atoms with Crippen LogP contribution >= 0.6 is 11.8 Å². The SMILES string of the molecule is CSc1ccc(F)cc1C(=O)C(=O)O. The lowest BCUT2D eigenvalue weighted by molar-refractivity contribution is -0.131. The number of hydrogen-bond donors (Lipinski definition) is 1. The van der Waals surface area contributed by atoms with E-state index in [1.807, 2.05) is 0 Å². The molecule has 0 unspecified atom stereocenters. The maximum absolute atomic E-state index is 12.8. The molecule has 0 spiro atoms. The van der Waals surface area contributed by atoms with Crippen molar-refractivity contribution in [1.82, 2.24) is 0 Å². The minimum Gasteiger partial charge on any atom is -0.475 e. The maximum atomic E-state index is 12.8. The molecule has 1 rings (SSSR count). The van der Waals surface area contributed by atoms with Gasteiger partial charge in [0.05, 0.1) is 0 Å². The summed E-state index contributed by atoms with van der Waals surface area (Å²) < 4.78 is 12.8. The van der Waals surface area contributed by atoms with Crippen LogP contribution in [0.1, 0.15) is 10.4 Å². The molecule has 0 atom stereocenters. The molecule has 0 bridgehead atoms. The van der Waals surface area contributed by atoms with Crippen molar-refractivity contribution >= 4 is 23.5 Å². The zero-order chi connectivity index (χ0) is 10.7. The van der Waals surface area contributed by atoms with Gasteiger partial charge in [0.2, 0.25) is 0 Å². The number of Topliss-reactive ketones (excluding diaryl/α,β-unsaturated/α-hetero) is 1. The summed E-state index contributed by atoms with van der Waals surface area (Å²) in [5, 5.41) is 8.47. The average molecular weight is 214 g/mol. The molecule has 0 aliphatic carbocycles. The number of rotatable bonds is 3. The highest BCUT2D eigenvalue weighted by Gasteiger charge is 2.18. The smallest absolute Gasteiger partial charge is 0.377 e. The third-order valence-corrected chi connectivity index (χ3v) is 2.40. The van der Waals surface area contributed by atoms with Gasteiger partial charge >= 0.3 is 5.97 Å². The Morgan fingerprint density at radius 3 is 2.57 bits per heavy atom. The molecule has 74 valence electrons. The lowest BCUT2D eigenvalue weighted by Crippen LogP contribution is -2.13. The van der Waals surface area contributed by atoms with E-state index < -0.39 is 17.6 Å². The van der Waals surface area contributed by atoms with Crippen LogP contribution in [0, 0.1) is 5.82 Å². The normalized spacial score (nSPS) is 9.86. The lowest BCUT2D eigenvalue weighted by atomic mass is 10.1. The average Bonchev–Trinajstić information content (AvgIpc) is 2.16. The van der Waals surface area contributed by atoms with Crippen LogP contribution in [0.15, 0.2) is 23.1 Å². The van der Waals surface area contributed by atoms with Gasteiger partial charge in [0.25, 0.3) is 5.78 Å². The van der Waals surface area contributed by atoms with E-state index in [2.05, 4.69) is 0 Å². The van der Waals surface area contributed by atoms with E-state index in [0.29, 0.717) is 4.90 Å². The Hall–Kier alpha value is -1.36. The highest BCUT2D eigenvalue weighted by Crippen LogP contribution is 2.21. The Morgan fingerprint density at radius 2 is 2.07 bits per heavy atom. The Bertz CT molecular complexity index is 390. The molecule has 5 heteroatoms. The van der Waals surface area contributed by atoms with Crippen molar-refractivity contribution in [1.29, 1.82) is 0 Å². The molecular weight excluding hydrogens is 207 g/mol.